The molecular formula is C23H24N2O3. The summed E-state index contributed by atoms with van der Waals surface area (Å²) >= 11 is 0. The third-order valence-corrected chi connectivity index (χ3v) is 4.94. The van der Waals surface area contributed by atoms with Crippen LogP contribution in [0, 0.1) is 20.8 Å². The van der Waals surface area contributed by atoms with Crippen molar-refractivity contribution in [3.05, 3.63) is 76.7 Å². The molecule has 28 heavy (non-hydrogen) atoms. The van der Waals surface area contributed by atoms with Gasteiger partial charge in [0.15, 0.2) is 12.4 Å². The van der Waals surface area contributed by atoms with E-state index in [0.29, 0.717) is 35.0 Å². The van der Waals surface area contributed by atoms with E-state index in [1.807, 2.05) is 52.0 Å². The van der Waals surface area contributed by atoms with Gasteiger partial charge in [0.1, 0.15) is 5.75 Å². The fourth-order valence-electron chi connectivity index (χ4n) is 2.94. The van der Waals surface area contributed by atoms with Crippen molar-refractivity contribution in [2.45, 2.75) is 40.7 Å². The van der Waals surface area contributed by atoms with Crippen LogP contribution in [-0.4, -0.2) is 15.9 Å². The van der Waals surface area contributed by atoms with Crippen molar-refractivity contribution in [1.29, 1.82) is 0 Å². The van der Waals surface area contributed by atoms with Crippen LogP contribution >= 0.6 is 0 Å². The zero-order valence-electron chi connectivity index (χ0n) is 16.7. The van der Waals surface area contributed by atoms with Gasteiger partial charge in [-0.2, -0.15) is 4.98 Å². The Kier molecular flexibility index (Phi) is 5.73. The molecule has 3 rings (SSSR count). The summed E-state index contributed by atoms with van der Waals surface area (Å²) in [6.07, 6.45) is 0.635. The number of allylic oxidation sites excluding steroid dienone is 1. The first-order valence-electron chi connectivity index (χ1n) is 9.26. The lowest BCUT2D eigenvalue weighted by molar-refractivity contribution is 0.103. The second-order valence-electron chi connectivity index (χ2n) is 6.76. The first-order chi connectivity index (χ1) is 13.4. The Labute approximate surface area is 165 Å². The number of ether oxygens (including phenoxy) is 1. The standard InChI is InChI=1S/C23H24N2O3/c1-6-14(2)22(26)19-11-12-20(17(5)16(19)4)27-13-21-24-23(25-28-21)18-10-8-7-9-15(18)3/h7-12H,2,6,13H2,1,3-5H3. The maximum Gasteiger partial charge on any atom is 0.264 e. The molecule has 0 aliphatic carbocycles. The van der Waals surface area contributed by atoms with Gasteiger partial charge in [-0.3, -0.25) is 4.79 Å². The number of ketones is 1. The molecule has 3 aromatic rings. The van der Waals surface area contributed by atoms with Crippen LogP contribution in [0.5, 0.6) is 5.75 Å². The predicted molar refractivity (Wildman–Crippen MR) is 108 cm³/mol. The van der Waals surface area contributed by atoms with Crippen molar-refractivity contribution in [3.8, 4) is 17.1 Å². The highest BCUT2D eigenvalue weighted by Crippen LogP contribution is 2.27. The number of benzene rings is 2. The van der Waals surface area contributed by atoms with E-state index in [0.717, 1.165) is 22.3 Å². The molecule has 0 saturated carbocycles. The largest absolute Gasteiger partial charge is 0.483 e. The summed E-state index contributed by atoms with van der Waals surface area (Å²) in [5.41, 5.74) is 5.08. The van der Waals surface area contributed by atoms with Crippen LogP contribution in [-0.2, 0) is 6.61 Å². The number of aryl methyl sites for hydroxylation is 1. The van der Waals surface area contributed by atoms with Crippen LogP contribution in [0.15, 0.2) is 53.1 Å². The molecule has 1 aromatic heterocycles. The summed E-state index contributed by atoms with van der Waals surface area (Å²) in [4.78, 5) is 16.9. The molecular weight excluding hydrogens is 352 g/mol. The molecule has 0 saturated heterocycles. The Morgan fingerprint density at radius 1 is 1.11 bits per heavy atom. The smallest absolute Gasteiger partial charge is 0.264 e. The van der Waals surface area contributed by atoms with E-state index in [2.05, 4.69) is 16.7 Å². The van der Waals surface area contributed by atoms with Gasteiger partial charge in [-0.1, -0.05) is 42.9 Å². The summed E-state index contributed by atoms with van der Waals surface area (Å²) in [5.74, 6) is 1.61. The fraction of sp³-hybridized carbons (Fsp3) is 0.261. The number of aromatic nitrogens is 2. The summed E-state index contributed by atoms with van der Waals surface area (Å²) < 4.78 is 11.2. The van der Waals surface area contributed by atoms with Crippen molar-refractivity contribution < 1.29 is 14.1 Å². The number of rotatable bonds is 7. The van der Waals surface area contributed by atoms with E-state index in [4.69, 9.17) is 9.26 Å². The zero-order valence-corrected chi connectivity index (χ0v) is 16.7. The number of hydrogen-bond donors (Lipinski definition) is 0. The molecule has 144 valence electrons. The van der Waals surface area contributed by atoms with Gasteiger partial charge in [0.05, 0.1) is 0 Å². The molecule has 1 heterocycles. The molecule has 0 radical (unpaired) electrons. The van der Waals surface area contributed by atoms with Gasteiger partial charge in [-0.25, -0.2) is 0 Å². The van der Waals surface area contributed by atoms with Crippen LogP contribution in [0.4, 0.5) is 0 Å². The topological polar surface area (TPSA) is 65.2 Å². The molecule has 5 heteroatoms. The van der Waals surface area contributed by atoms with Gasteiger partial charge in [0, 0.05) is 11.1 Å². The number of carbonyl (C=O) groups excluding carboxylic acids is 1. The Morgan fingerprint density at radius 2 is 1.86 bits per heavy atom. The van der Waals surface area contributed by atoms with Crippen molar-refractivity contribution >= 4 is 5.78 Å². The average molecular weight is 376 g/mol. The summed E-state index contributed by atoms with van der Waals surface area (Å²) in [6.45, 7) is 11.8. The summed E-state index contributed by atoms with van der Waals surface area (Å²) in [6, 6.07) is 11.5. The lowest BCUT2D eigenvalue weighted by Crippen LogP contribution is -2.07. The van der Waals surface area contributed by atoms with Crippen molar-refractivity contribution in [2.24, 2.45) is 0 Å². The van der Waals surface area contributed by atoms with Gasteiger partial charge >= 0.3 is 0 Å². The van der Waals surface area contributed by atoms with Crippen LogP contribution < -0.4 is 4.74 Å². The van der Waals surface area contributed by atoms with Crippen LogP contribution in [0.25, 0.3) is 11.4 Å². The van der Waals surface area contributed by atoms with Gasteiger partial charge < -0.3 is 9.26 Å². The van der Waals surface area contributed by atoms with Gasteiger partial charge in [-0.05, 0) is 61.6 Å². The molecule has 0 atom stereocenters. The first-order valence-corrected chi connectivity index (χ1v) is 9.26. The maximum atomic E-state index is 12.4. The van der Waals surface area contributed by atoms with Gasteiger partial charge in [-0.15, -0.1) is 0 Å². The third-order valence-electron chi connectivity index (χ3n) is 4.94. The average Bonchev–Trinajstić information content (AvgIpc) is 3.17. The van der Waals surface area contributed by atoms with E-state index in [1.54, 1.807) is 12.1 Å². The normalized spacial score (nSPS) is 10.7. The fourth-order valence-corrected chi connectivity index (χ4v) is 2.94. The van der Waals surface area contributed by atoms with E-state index < -0.39 is 0 Å². The van der Waals surface area contributed by atoms with Crippen molar-refractivity contribution in [1.82, 2.24) is 10.1 Å². The zero-order chi connectivity index (χ0) is 20.3. The Balaban J connectivity index is 1.75. The number of nitrogens with zero attached hydrogens (tertiary/aromatic N) is 2. The summed E-state index contributed by atoms with van der Waals surface area (Å²) in [7, 11) is 0. The molecule has 2 aromatic carbocycles. The summed E-state index contributed by atoms with van der Waals surface area (Å²) in [5, 5.41) is 4.05. The van der Waals surface area contributed by atoms with Crippen LogP contribution in [0.1, 0.15) is 46.3 Å². The minimum Gasteiger partial charge on any atom is -0.483 e. The lowest BCUT2D eigenvalue weighted by Gasteiger charge is -2.13. The lowest BCUT2D eigenvalue weighted by atomic mass is 9.95. The van der Waals surface area contributed by atoms with E-state index in [-0.39, 0.29) is 12.4 Å². The Morgan fingerprint density at radius 3 is 2.57 bits per heavy atom. The molecule has 0 aliphatic rings. The SMILES string of the molecule is C=C(CC)C(=O)c1ccc(OCc2nc(-c3ccccc3C)no2)c(C)c1C. The highest BCUT2D eigenvalue weighted by molar-refractivity contribution is 6.09. The highest BCUT2D eigenvalue weighted by Gasteiger charge is 2.16. The molecule has 0 unspecified atom stereocenters. The van der Waals surface area contributed by atoms with Gasteiger partial charge in [0.25, 0.3) is 5.89 Å². The Bertz CT molecular complexity index is 1030. The quantitative estimate of drug-likeness (QED) is 0.408. The number of hydrogen-bond acceptors (Lipinski definition) is 5. The monoisotopic (exact) mass is 376 g/mol. The third kappa shape index (κ3) is 3.88. The number of Topliss-reactive ketones (excluding diaryl/α,β-unsaturated/α-hetero) is 1. The second kappa shape index (κ2) is 8.21. The molecule has 0 bridgehead atoms. The first kappa shape index (κ1) is 19.5. The molecule has 0 fully saturated rings. The minimum atomic E-state index is -0.0191. The van der Waals surface area contributed by atoms with Crippen LogP contribution in [0.3, 0.4) is 0 Å². The molecule has 0 spiro atoms. The van der Waals surface area contributed by atoms with Crippen molar-refractivity contribution in [3.63, 3.8) is 0 Å². The van der Waals surface area contributed by atoms with Crippen molar-refractivity contribution in [2.75, 3.05) is 0 Å². The molecule has 0 aliphatic heterocycles. The van der Waals surface area contributed by atoms with E-state index >= 15 is 0 Å². The molecule has 5 nitrogen and oxygen atoms in total. The maximum absolute atomic E-state index is 12.4. The number of carbonyl (C=O) groups is 1. The highest BCUT2D eigenvalue weighted by atomic mass is 16.5. The van der Waals surface area contributed by atoms with E-state index in [1.165, 1.54) is 0 Å². The Hall–Kier alpha value is -3.21. The van der Waals surface area contributed by atoms with Gasteiger partial charge in [0.2, 0.25) is 5.82 Å². The van der Waals surface area contributed by atoms with Crippen LogP contribution in [0.2, 0.25) is 0 Å². The predicted octanol–water partition coefficient (Wildman–Crippen LogP) is 5.39. The molecule has 0 N–H and O–H groups in total. The van der Waals surface area contributed by atoms with E-state index in [9.17, 15) is 4.79 Å². The molecule has 0 amide bonds. The minimum absolute atomic E-state index is 0.0191. The second-order valence-corrected chi connectivity index (χ2v) is 6.76.